The molecular weight excluding hydrogens is 277 g/mol. The maximum atomic E-state index is 13.1. The zero-order valence-corrected chi connectivity index (χ0v) is 12.5. The van der Waals surface area contributed by atoms with Crippen LogP contribution in [0.5, 0.6) is 0 Å². The molecule has 1 aromatic carbocycles. The molecule has 1 N–H and O–H groups in total. The quantitative estimate of drug-likeness (QED) is 0.882. The van der Waals surface area contributed by atoms with Gasteiger partial charge < -0.3 is 5.32 Å². The summed E-state index contributed by atoms with van der Waals surface area (Å²) in [5, 5.41) is 8.20. The number of hydrogen-bond acceptors (Lipinski definition) is 2. The number of benzene rings is 1. The highest BCUT2D eigenvalue weighted by atomic mass is 35.5. The number of hydrogen-bond donors (Lipinski definition) is 1. The van der Waals surface area contributed by atoms with Gasteiger partial charge in [0.1, 0.15) is 5.82 Å². The van der Waals surface area contributed by atoms with Gasteiger partial charge in [0.25, 0.3) is 0 Å². The van der Waals surface area contributed by atoms with Gasteiger partial charge in [-0.2, -0.15) is 5.10 Å². The van der Waals surface area contributed by atoms with Gasteiger partial charge in [0.15, 0.2) is 0 Å². The van der Waals surface area contributed by atoms with Crippen molar-refractivity contribution < 1.29 is 4.39 Å². The lowest BCUT2D eigenvalue weighted by Crippen LogP contribution is -2.25. The minimum absolute atomic E-state index is 0.116. The third-order valence-electron chi connectivity index (χ3n) is 3.30. The number of nitrogens with zero attached hydrogens (tertiary/aromatic N) is 2. The van der Waals surface area contributed by atoms with Crippen LogP contribution in [0.3, 0.4) is 0 Å². The lowest BCUT2D eigenvalue weighted by Gasteiger charge is -2.19. The molecule has 0 aliphatic rings. The lowest BCUT2D eigenvalue weighted by molar-refractivity contribution is 0.490. The summed E-state index contributed by atoms with van der Waals surface area (Å²) in [4.78, 5) is 0. The highest BCUT2D eigenvalue weighted by molar-refractivity contribution is 6.31. The Bertz CT molecular complexity index is 568. The van der Waals surface area contributed by atoms with E-state index < -0.39 is 0 Å². The van der Waals surface area contributed by atoms with Crippen LogP contribution in [0.15, 0.2) is 30.5 Å². The summed E-state index contributed by atoms with van der Waals surface area (Å²) in [5.41, 5.74) is 2.05. The number of likely N-dealkylation sites (N-methyl/N-ethyl adjacent to an activating group) is 1. The normalized spacial score (nSPS) is 12.6. The predicted molar refractivity (Wildman–Crippen MR) is 79.4 cm³/mol. The average molecular weight is 296 g/mol. The van der Waals surface area contributed by atoms with Crippen molar-refractivity contribution in [2.75, 3.05) is 6.54 Å². The molecule has 3 nitrogen and oxygen atoms in total. The van der Waals surface area contributed by atoms with E-state index in [-0.39, 0.29) is 11.9 Å². The van der Waals surface area contributed by atoms with Crippen LogP contribution in [-0.2, 0) is 13.0 Å². The molecule has 1 heterocycles. The highest BCUT2D eigenvalue weighted by Crippen LogP contribution is 2.24. The largest absolute Gasteiger partial charge is 0.309 e. The van der Waals surface area contributed by atoms with Crippen molar-refractivity contribution >= 4 is 11.6 Å². The molecule has 20 heavy (non-hydrogen) atoms. The number of aromatic nitrogens is 2. The van der Waals surface area contributed by atoms with Crippen molar-refractivity contribution in [3.8, 4) is 0 Å². The van der Waals surface area contributed by atoms with Crippen LogP contribution in [0.4, 0.5) is 4.39 Å². The summed E-state index contributed by atoms with van der Waals surface area (Å²) in [6.45, 7) is 5.79. The van der Waals surface area contributed by atoms with Crippen molar-refractivity contribution in [1.29, 1.82) is 0 Å². The van der Waals surface area contributed by atoms with Crippen LogP contribution >= 0.6 is 11.6 Å². The minimum Gasteiger partial charge on any atom is -0.309 e. The summed E-state index contributed by atoms with van der Waals surface area (Å²) in [6.07, 6.45) is 2.51. The molecule has 0 saturated heterocycles. The Morgan fingerprint density at radius 1 is 1.35 bits per heavy atom. The van der Waals surface area contributed by atoms with Gasteiger partial charge in [0, 0.05) is 17.8 Å². The molecule has 2 rings (SSSR count). The first-order chi connectivity index (χ1) is 9.65. The molecule has 0 saturated carbocycles. The van der Waals surface area contributed by atoms with E-state index in [9.17, 15) is 4.39 Å². The van der Waals surface area contributed by atoms with Crippen molar-refractivity contribution in [2.45, 2.75) is 32.9 Å². The van der Waals surface area contributed by atoms with Gasteiger partial charge in [-0.05, 0) is 43.7 Å². The van der Waals surface area contributed by atoms with Crippen molar-refractivity contribution in [3.05, 3.63) is 52.6 Å². The molecule has 0 aliphatic carbocycles. The number of rotatable bonds is 6. The maximum absolute atomic E-state index is 13.1. The Morgan fingerprint density at radius 3 is 2.80 bits per heavy atom. The van der Waals surface area contributed by atoms with Gasteiger partial charge in [0.2, 0.25) is 0 Å². The molecule has 0 aliphatic heterocycles. The number of aryl methyl sites for hydroxylation is 1. The first-order valence-corrected chi connectivity index (χ1v) is 7.22. The molecule has 2 aromatic rings. The molecule has 1 atom stereocenters. The van der Waals surface area contributed by atoms with Crippen LogP contribution in [0, 0.1) is 5.82 Å². The van der Waals surface area contributed by atoms with Gasteiger partial charge in [-0.1, -0.05) is 24.6 Å². The standard InChI is InChI=1S/C15H19ClFN3/c1-3-18-14(15-7-8-19-20(15)4-2)9-11-5-6-12(17)10-13(11)16/h5-8,10,14,18H,3-4,9H2,1-2H3. The Balaban J connectivity index is 2.25. The topological polar surface area (TPSA) is 29.9 Å². The maximum Gasteiger partial charge on any atom is 0.124 e. The molecule has 1 aromatic heterocycles. The Hall–Kier alpha value is -1.39. The SMILES string of the molecule is CCNC(Cc1ccc(F)cc1Cl)c1ccnn1CC. The predicted octanol–water partition coefficient (Wildman–Crippen LogP) is 3.59. The average Bonchev–Trinajstić information content (AvgIpc) is 2.89. The Kier molecular flexibility index (Phi) is 5.15. The molecule has 0 radical (unpaired) electrons. The molecule has 1 unspecified atom stereocenters. The van der Waals surface area contributed by atoms with Crippen molar-refractivity contribution in [1.82, 2.24) is 15.1 Å². The van der Waals surface area contributed by atoms with Gasteiger partial charge in [-0.3, -0.25) is 4.68 Å². The third kappa shape index (κ3) is 3.38. The van der Waals surface area contributed by atoms with Gasteiger partial charge in [0.05, 0.1) is 11.7 Å². The fraction of sp³-hybridized carbons (Fsp3) is 0.400. The third-order valence-corrected chi connectivity index (χ3v) is 3.65. The van der Waals surface area contributed by atoms with E-state index in [0.29, 0.717) is 11.4 Å². The van der Waals surface area contributed by atoms with E-state index in [4.69, 9.17) is 11.6 Å². The summed E-state index contributed by atoms with van der Waals surface area (Å²) in [6, 6.07) is 6.67. The zero-order chi connectivity index (χ0) is 14.5. The summed E-state index contributed by atoms with van der Waals surface area (Å²) in [5.74, 6) is -0.308. The molecule has 0 spiro atoms. The van der Waals surface area contributed by atoms with Crippen LogP contribution in [0.25, 0.3) is 0 Å². The van der Waals surface area contributed by atoms with E-state index in [1.807, 2.05) is 10.7 Å². The first kappa shape index (κ1) is 15.0. The fourth-order valence-electron chi connectivity index (χ4n) is 2.34. The molecule has 108 valence electrons. The van der Waals surface area contributed by atoms with E-state index in [2.05, 4.69) is 24.3 Å². The second-order valence-corrected chi connectivity index (χ2v) is 5.03. The second-order valence-electron chi connectivity index (χ2n) is 4.62. The molecular formula is C15H19ClFN3. The van der Waals surface area contributed by atoms with Gasteiger partial charge in [-0.25, -0.2) is 4.39 Å². The second kappa shape index (κ2) is 6.86. The Morgan fingerprint density at radius 2 is 2.15 bits per heavy atom. The van der Waals surface area contributed by atoms with Crippen LogP contribution in [0.1, 0.15) is 31.1 Å². The smallest absolute Gasteiger partial charge is 0.124 e. The van der Waals surface area contributed by atoms with E-state index in [1.54, 1.807) is 12.3 Å². The number of halogens is 2. The minimum atomic E-state index is -0.308. The molecule has 0 bridgehead atoms. The van der Waals surface area contributed by atoms with Crippen molar-refractivity contribution in [3.63, 3.8) is 0 Å². The lowest BCUT2D eigenvalue weighted by atomic mass is 10.0. The zero-order valence-electron chi connectivity index (χ0n) is 11.7. The van der Waals surface area contributed by atoms with Crippen molar-refractivity contribution in [2.24, 2.45) is 0 Å². The highest BCUT2D eigenvalue weighted by Gasteiger charge is 2.17. The fourth-order valence-corrected chi connectivity index (χ4v) is 2.58. The van der Waals surface area contributed by atoms with Crippen LogP contribution in [0.2, 0.25) is 5.02 Å². The summed E-state index contributed by atoms with van der Waals surface area (Å²) < 4.78 is 15.1. The van der Waals surface area contributed by atoms with E-state index in [0.717, 1.165) is 24.3 Å². The van der Waals surface area contributed by atoms with E-state index >= 15 is 0 Å². The first-order valence-electron chi connectivity index (χ1n) is 6.84. The molecule has 0 fully saturated rings. The van der Waals surface area contributed by atoms with E-state index in [1.165, 1.54) is 12.1 Å². The van der Waals surface area contributed by atoms with Gasteiger partial charge in [-0.15, -0.1) is 0 Å². The van der Waals surface area contributed by atoms with Gasteiger partial charge >= 0.3 is 0 Å². The number of nitrogens with one attached hydrogen (secondary N) is 1. The molecule has 5 heteroatoms. The molecule has 0 amide bonds. The van der Waals surface area contributed by atoms with Crippen LogP contribution < -0.4 is 5.32 Å². The summed E-state index contributed by atoms with van der Waals surface area (Å²) >= 11 is 6.12. The Labute approximate surface area is 123 Å². The van der Waals surface area contributed by atoms with Crippen LogP contribution in [-0.4, -0.2) is 16.3 Å². The summed E-state index contributed by atoms with van der Waals surface area (Å²) in [7, 11) is 0. The monoisotopic (exact) mass is 295 g/mol.